The molecular weight excluding hydrogens is 1410 g/mol. The van der Waals surface area contributed by atoms with Gasteiger partial charge < -0.3 is 210 Å². The summed E-state index contributed by atoms with van der Waals surface area (Å²) in [5.74, 6) is -8.20. The Hall–Kier alpha value is -3.64. The first kappa shape index (κ1) is 85.0. The first-order valence-corrected chi connectivity index (χ1v) is 32.6. The Morgan fingerprint density at radius 2 is 0.845 bits per heavy atom. The molecule has 0 saturated carbocycles. The number of aliphatic hydroxyl groups excluding tert-OH is 23. The van der Waals surface area contributed by atoms with E-state index in [1.54, 1.807) is 0 Å². The van der Waals surface area contributed by atoms with Gasteiger partial charge in [0, 0.05) is 27.2 Å². The predicted molar refractivity (Wildman–Crippen MR) is 315 cm³/mol. The SMILES string of the molecule is CC(=O)N[C@H]1[C@@H](OC[C@H]2O[C@@H](O[C@@H]3[C@@H](O)[C@H](O)[C@H](O)O[C@@H]3CO)[C@@H](O)[C@@H](O[C@@H]3O[C@@H](CO[C@]4(C(=O)O)C[C@H](O)[C@@H](NC(C)=O)[C@@H](C(O)[C@@H](O)CO)O4)[C@@H](O[C@H]4O[C@@H](CO)[C@@H](O)C(O)[C@H]4O)[C@H](O)[C@H]3NC(C)=O)[C@H]2O)O[C@@H](CO)[C@H](O[C@H]2O[C@@H](CO)[C@@H](O)[C@H](O)[C@H]2O[C@H]2O[C@H](C)[C@H](O)[C@@H](O)[C@@H]2O)[C@@H]1O. The summed E-state index contributed by atoms with van der Waals surface area (Å²) in [7, 11) is 0. The molecule has 8 heterocycles. The number of hydrogen-bond donors (Lipinski definition) is 27. The Morgan fingerprint density at radius 3 is 1.40 bits per heavy atom. The average molecular weight is 1510 g/mol. The summed E-state index contributed by atoms with van der Waals surface area (Å²) >= 11 is 0. The number of rotatable bonds is 27. The number of aliphatic carboxylic acids is 1. The van der Waals surface area contributed by atoms with Crippen molar-refractivity contribution in [3.8, 4) is 0 Å². The summed E-state index contributed by atoms with van der Waals surface area (Å²) < 4.78 is 87.8. The van der Waals surface area contributed by atoms with Crippen LogP contribution in [0.25, 0.3) is 0 Å². The molecular formula is C57H95N3O43. The van der Waals surface area contributed by atoms with Gasteiger partial charge in [-0.2, -0.15) is 0 Å². The minimum atomic E-state index is -3.23. The number of carbonyl (C=O) groups is 4. The second kappa shape index (κ2) is 36.3. The van der Waals surface area contributed by atoms with Gasteiger partial charge in [-0.3, -0.25) is 14.4 Å². The van der Waals surface area contributed by atoms with Gasteiger partial charge in [-0.15, -0.1) is 0 Å². The molecule has 3 amide bonds. The molecule has 46 heteroatoms. The molecule has 27 N–H and O–H groups in total. The molecule has 0 aromatic heterocycles. The van der Waals surface area contributed by atoms with Gasteiger partial charge in [0.05, 0.1) is 64.5 Å². The monoisotopic (exact) mass is 1510 g/mol. The van der Waals surface area contributed by atoms with Gasteiger partial charge in [-0.05, 0) is 6.92 Å². The van der Waals surface area contributed by atoms with Crippen molar-refractivity contribution < 1.29 is 213 Å². The standard InChI is InChI=1S/C57H95N3O43/c1-13-28(71)35(78)40(83)52(91-13)102-48-37(80)31(74)20(8-63)94-55(48)100-43-22(10-65)95-50(26(33(43)76)59-15(3)67)89-11-23-32(75)47(42(85)54(96-23)98-44-21(9-64)92-49(86)39(82)38(44)81)101-51-27(60-16(4)68)34(77)45(99-53-41(84)36(79)30(73)19(7-62)93-53)24(97-51)12-90-57(56(87)88)5-17(69)25(58-14(2)66)46(103-57)29(72)18(70)6-61/h13,17-55,61-65,69-86H,5-12H2,1-4H3,(H,58,66)(H,59,67)(H,60,68)(H,87,88)/t13-,17+,18+,19+,20+,21-,22+,23-,24+,25-,26-,27-,28+,29?,30-,31-,32+,33-,34-,35-,36?,37+,38+,39+,40+,41-,42+,43+,44+,45-,46+,47+,48-,49-,50+,51+,52-,53-,54+,55-,57-/m1/s1. The molecule has 0 spiro atoms. The number of carbonyl (C=O) groups excluding carboxylic acids is 3. The molecule has 103 heavy (non-hydrogen) atoms. The molecule has 2 unspecified atom stereocenters. The lowest BCUT2D eigenvalue weighted by molar-refractivity contribution is -0.389. The van der Waals surface area contributed by atoms with Crippen molar-refractivity contribution in [1.29, 1.82) is 0 Å². The molecule has 0 aliphatic carbocycles. The van der Waals surface area contributed by atoms with Gasteiger partial charge in [0.1, 0.15) is 183 Å². The lowest BCUT2D eigenvalue weighted by Gasteiger charge is -2.51. The van der Waals surface area contributed by atoms with Crippen LogP contribution < -0.4 is 16.0 Å². The van der Waals surface area contributed by atoms with E-state index in [0.717, 1.165) is 20.8 Å². The highest BCUT2D eigenvalue weighted by Gasteiger charge is 2.61. The van der Waals surface area contributed by atoms with Crippen LogP contribution >= 0.6 is 0 Å². The number of carboxylic acid groups (broad SMARTS) is 1. The van der Waals surface area contributed by atoms with Crippen molar-refractivity contribution in [3.63, 3.8) is 0 Å². The smallest absolute Gasteiger partial charge is 0.364 e. The molecule has 0 bridgehead atoms. The number of amides is 3. The summed E-state index contributed by atoms with van der Waals surface area (Å²) in [6.45, 7) is -3.90. The summed E-state index contributed by atoms with van der Waals surface area (Å²) in [5, 5.41) is 270. The van der Waals surface area contributed by atoms with Crippen LogP contribution in [0.3, 0.4) is 0 Å². The number of aliphatic hydroxyl groups is 23. The third-order valence-electron chi connectivity index (χ3n) is 18.8. The maximum Gasteiger partial charge on any atom is 0.364 e. The van der Waals surface area contributed by atoms with Crippen LogP contribution in [0.15, 0.2) is 0 Å². The Bertz CT molecular complexity index is 2720. The summed E-state index contributed by atoms with van der Waals surface area (Å²) in [6.07, 6.45) is -78.2. The highest BCUT2D eigenvalue weighted by atomic mass is 16.8. The van der Waals surface area contributed by atoms with E-state index in [1.807, 2.05) is 0 Å². The molecule has 8 fully saturated rings. The number of hydrogen-bond acceptors (Lipinski definition) is 42. The van der Waals surface area contributed by atoms with E-state index >= 15 is 0 Å². The minimum Gasteiger partial charge on any atom is -0.477 e. The molecule has 8 saturated heterocycles. The summed E-state index contributed by atoms with van der Waals surface area (Å²) in [4.78, 5) is 51.8. The number of ether oxygens (including phenoxy) is 15. The van der Waals surface area contributed by atoms with Crippen LogP contribution in [0.2, 0.25) is 0 Å². The van der Waals surface area contributed by atoms with Crippen LogP contribution in [0, 0.1) is 0 Å². The van der Waals surface area contributed by atoms with Gasteiger partial charge in [0.2, 0.25) is 17.7 Å². The molecule has 0 aromatic carbocycles. The fourth-order valence-electron chi connectivity index (χ4n) is 13.1. The fraction of sp³-hybridized carbons (Fsp3) is 0.930. The van der Waals surface area contributed by atoms with Crippen LogP contribution in [0.4, 0.5) is 0 Å². The van der Waals surface area contributed by atoms with Gasteiger partial charge in [-0.25, -0.2) is 4.79 Å². The third-order valence-corrected chi connectivity index (χ3v) is 18.8. The normalized spacial score (nSPS) is 48.3. The summed E-state index contributed by atoms with van der Waals surface area (Å²) in [5.41, 5.74) is 0. The average Bonchev–Trinajstić information content (AvgIpc) is 0.678. The van der Waals surface area contributed by atoms with Gasteiger partial charge in [-0.1, -0.05) is 0 Å². The van der Waals surface area contributed by atoms with E-state index in [4.69, 9.17) is 71.1 Å². The summed E-state index contributed by atoms with van der Waals surface area (Å²) in [6, 6.07) is -5.74. The first-order chi connectivity index (χ1) is 48.5. The van der Waals surface area contributed by atoms with E-state index in [0.29, 0.717) is 0 Å². The van der Waals surface area contributed by atoms with E-state index < -0.39 is 327 Å². The van der Waals surface area contributed by atoms with Crippen LogP contribution in [-0.4, -0.2) is 444 Å². The van der Waals surface area contributed by atoms with Crippen molar-refractivity contribution in [2.75, 3.05) is 46.2 Å². The lowest BCUT2D eigenvalue weighted by Crippen LogP contribution is -2.71. The maximum absolute atomic E-state index is 13.4. The predicted octanol–water partition coefficient (Wildman–Crippen LogP) is -17.8. The van der Waals surface area contributed by atoms with Gasteiger partial charge in [0.25, 0.3) is 5.79 Å². The maximum atomic E-state index is 13.4. The largest absolute Gasteiger partial charge is 0.477 e. The Morgan fingerprint density at radius 1 is 0.417 bits per heavy atom. The number of carboxylic acids is 1. The van der Waals surface area contributed by atoms with Crippen LogP contribution in [0.1, 0.15) is 34.1 Å². The highest BCUT2D eigenvalue weighted by molar-refractivity contribution is 5.77. The van der Waals surface area contributed by atoms with Crippen LogP contribution in [0.5, 0.6) is 0 Å². The van der Waals surface area contributed by atoms with E-state index in [9.17, 15) is 142 Å². The fourth-order valence-corrected chi connectivity index (χ4v) is 13.1. The molecule has 41 atom stereocenters. The highest BCUT2D eigenvalue weighted by Crippen LogP contribution is 2.40. The molecule has 46 nitrogen and oxygen atoms in total. The molecule has 596 valence electrons. The third kappa shape index (κ3) is 18.6. The molecule has 0 radical (unpaired) electrons. The quantitative estimate of drug-likeness (QED) is 0.0363. The Labute approximate surface area is 582 Å². The van der Waals surface area contributed by atoms with Crippen LogP contribution in [-0.2, 0) is 90.2 Å². The van der Waals surface area contributed by atoms with Crippen molar-refractivity contribution >= 4 is 23.7 Å². The van der Waals surface area contributed by atoms with E-state index in [1.165, 1.54) is 6.92 Å². The van der Waals surface area contributed by atoms with E-state index in [-0.39, 0.29) is 0 Å². The van der Waals surface area contributed by atoms with Gasteiger partial charge >= 0.3 is 5.97 Å². The zero-order valence-corrected chi connectivity index (χ0v) is 55.2. The zero-order chi connectivity index (χ0) is 76.3. The van der Waals surface area contributed by atoms with Crippen molar-refractivity contribution in [3.05, 3.63) is 0 Å². The minimum absolute atomic E-state index is 0.878. The van der Waals surface area contributed by atoms with Gasteiger partial charge in [0.15, 0.2) is 44.0 Å². The lowest BCUT2D eigenvalue weighted by atomic mass is 9.88. The molecule has 8 aliphatic rings. The number of nitrogens with one attached hydrogen (secondary N) is 3. The van der Waals surface area contributed by atoms with E-state index in [2.05, 4.69) is 16.0 Å². The second-order valence-electron chi connectivity index (χ2n) is 26.1. The molecule has 8 aliphatic heterocycles. The van der Waals surface area contributed by atoms with Crippen molar-refractivity contribution in [2.24, 2.45) is 0 Å². The first-order valence-electron chi connectivity index (χ1n) is 32.6. The molecule has 8 rings (SSSR count). The topological polar surface area (TPSA) is 728 Å². The van der Waals surface area contributed by atoms with Crippen molar-refractivity contribution in [1.82, 2.24) is 16.0 Å². The molecule has 0 aromatic rings. The Balaban J connectivity index is 1.13. The Kier molecular flexibility index (Phi) is 29.9. The zero-order valence-electron chi connectivity index (χ0n) is 55.2. The second-order valence-corrected chi connectivity index (χ2v) is 26.1. The van der Waals surface area contributed by atoms with Crippen molar-refractivity contribution in [2.45, 2.75) is 285 Å².